The van der Waals surface area contributed by atoms with Gasteiger partial charge >= 0.3 is 18.0 Å². The fourth-order valence-electron chi connectivity index (χ4n) is 0.664. The first-order chi connectivity index (χ1) is 9.33. The van der Waals surface area contributed by atoms with Crippen LogP contribution in [0.5, 0.6) is 0 Å². The SMILES string of the molecule is CCC(=O)O.CCC(=O)O.NC(=O)Nc1ccccc1. The molecule has 7 nitrogen and oxygen atoms in total. The lowest BCUT2D eigenvalue weighted by Crippen LogP contribution is -2.18. The molecule has 0 unspecified atom stereocenters. The van der Waals surface area contributed by atoms with Gasteiger partial charge in [0.1, 0.15) is 0 Å². The van der Waals surface area contributed by atoms with Gasteiger partial charge in [0.25, 0.3) is 0 Å². The minimum Gasteiger partial charge on any atom is -0.481 e. The Kier molecular flexibility index (Phi) is 12.7. The molecule has 0 heterocycles. The van der Waals surface area contributed by atoms with E-state index >= 15 is 0 Å². The monoisotopic (exact) mass is 284 g/mol. The first-order valence-corrected chi connectivity index (χ1v) is 5.88. The molecule has 0 radical (unpaired) electrons. The van der Waals surface area contributed by atoms with E-state index in [4.69, 9.17) is 15.9 Å². The number of hydrogen-bond acceptors (Lipinski definition) is 3. The number of hydrogen-bond donors (Lipinski definition) is 4. The second-order valence-electron chi connectivity index (χ2n) is 3.35. The van der Waals surface area contributed by atoms with Crippen LogP contribution in [0.4, 0.5) is 10.5 Å². The number of amides is 2. The van der Waals surface area contributed by atoms with E-state index in [1.54, 1.807) is 26.0 Å². The highest BCUT2D eigenvalue weighted by Crippen LogP contribution is 2.03. The van der Waals surface area contributed by atoms with Gasteiger partial charge in [-0.2, -0.15) is 0 Å². The van der Waals surface area contributed by atoms with E-state index in [1.165, 1.54) is 0 Å². The molecule has 1 aromatic rings. The van der Waals surface area contributed by atoms with Gasteiger partial charge < -0.3 is 21.3 Å². The zero-order valence-electron chi connectivity index (χ0n) is 11.5. The maximum Gasteiger partial charge on any atom is 0.316 e. The molecule has 0 bridgehead atoms. The zero-order chi connectivity index (χ0) is 16.0. The molecule has 0 fully saturated rings. The molecule has 0 aliphatic heterocycles. The van der Waals surface area contributed by atoms with E-state index in [0.29, 0.717) is 0 Å². The summed E-state index contributed by atoms with van der Waals surface area (Å²) in [4.78, 5) is 29.0. The first kappa shape index (κ1) is 19.8. The Bertz CT molecular complexity index is 392. The van der Waals surface area contributed by atoms with Crippen molar-refractivity contribution in [3.8, 4) is 0 Å². The van der Waals surface area contributed by atoms with Crippen molar-refractivity contribution in [3.05, 3.63) is 30.3 Å². The highest BCUT2D eigenvalue weighted by Gasteiger charge is 1.90. The van der Waals surface area contributed by atoms with Crippen LogP contribution in [0.1, 0.15) is 26.7 Å². The zero-order valence-corrected chi connectivity index (χ0v) is 11.5. The second kappa shape index (κ2) is 12.9. The number of nitrogens with one attached hydrogen (secondary N) is 1. The van der Waals surface area contributed by atoms with E-state index < -0.39 is 18.0 Å². The highest BCUT2D eigenvalue weighted by atomic mass is 16.4. The Labute approximate surface area is 117 Å². The van der Waals surface area contributed by atoms with Gasteiger partial charge in [-0.1, -0.05) is 32.0 Å². The summed E-state index contributed by atoms with van der Waals surface area (Å²) in [6, 6.07) is 8.52. The third-order valence-corrected chi connectivity index (χ3v) is 1.65. The van der Waals surface area contributed by atoms with Crippen LogP contribution in [0.15, 0.2) is 30.3 Å². The molecule has 0 spiro atoms. The summed E-state index contributed by atoms with van der Waals surface area (Å²) in [5.41, 5.74) is 5.59. The van der Waals surface area contributed by atoms with Crippen LogP contribution in [0.2, 0.25) is 0 Å². The number of carbonyl (C=O) groups is 3. The van der Waals surface area contributed by atoms with E-state index in [-0.39, 0.29) is 12.8 Å². The Balaban J connectivity index is 0. The molecule has 0 aliphatic rings. The van der Waals surface area contributed by atoms with Crippen molar-refractivity contribution in [1.82, 2.24) is 0 Å². The van der Waals surface area contributed by atoms with Gasteiger partial charge in [-0.15, -0.1) is 0 Å². The molecule has 1 aromatic carbocycles. The molecule has 2 amide bonds. The van der Waals surface area contributed by atoms with E-state index in [2.05, 4.69) is 5.32 Å². The lowest BCUT2D eigenvalue weighted by atomic mass is 10.3. The Morgan fingerprint density at radius 3 is 1.60 bits per heavy atom. The highest BCUT2D eigenvalue weighted by molar-refractivity contribution is 5.87. The van der Waals surface area contributed by atoms with Crippen LogP contribution in [-0.4, -0.2) is 28.2 Å². The van der Waals surface area contributed by atoms with Crippen molar-refractivity contribution in [2.24, 2.45) is 5.73 Å². The molecule has 5 N–H and O–H groups in total. The Morgan fingerprint density at radius 1 is 1.00 bits per heavy atom. The molecule has 7 heteroatoms. The van der Waals surface area contributed by atoms with Crippen LogP contribution in [0.3, 0.4) is 0 Å². The normalized spacial score (nSPS) is 8.10. The quantitative estimate of drug-likeness (QED) is 0.675. The van der Waals surface area contributed by atoms with Crippen LogP contribution >= 0.6 is 0 Å². The fourth-order valence-corrected chi connectivity index (χ4v) is 0.664. The molecule has 0 saturated carbocycles. The Morgan fingerprint density at radius 2 is 1.35 bits per heavy atom. The van der Waals surface area contributed by atoms with Crippen molar-refractivity contribution < 1.29 is 24.6 Å². The van der Waals surface area contributed by atoms with Gasteiger partial charge in [-0.05, 0) is 12.1 Å². The first-order valence-electron chi connectivity index (χ1n) is 5.88. The van der Waals surface area contributed by atoms with Crippen molar-refractivity contribution in [1.29, 1.82) is 0 Å². The van der Waals surface area contributed by atoms with Crippen molar-refractivity contribution in [2.45, 2.75) is 26.7 Å². The van der Waals surface area contributed by atoms with Crippen LogP contribution < -0.4 is 11.1 Å². The summed E-state index contributed by atoms with van der Waals surface area (Å²) in [7, 11) is 0. The summed E-state index contributed by atoms with van der Waals surface area (Å²) in [6.07, 6.45) is 0.444. The molecule has 0 saturated heterocycles. The molecule has 0 atom stereocenters. The van der Waals surface area contributed by atoms with Crippen LogP contribution in [0.25, 0.3) is 0 Å². The Hall–Kier alpha value is -2.57. The van der Waals surface area contributed by atoms with Crippen molar-refractivity contribution >= 4 is 23.7 Å². The van der Waals surface area contributed by atoms with Gasteiger partial charge in [0.05, 0.1) is 0 Å². The number of primary amides is 1. The third-order valence-electron chi connectivity index (χ3n) is 1.65. The predicted molar refractivity (Wildman–Crippen MR) is 75.5 cm³/mol. The van der Waals surface area contributed by atoms with Crippen LogP contribution in [0, 0.1) is 0 Å². The largest absolute Gasteiger partial charge is 0.481 e. The molecular formula is C13H20N2O5. The number of carboxylic acid groups (broad SMARTS) is 2. The number of para-hydroxylation sites is 1. The maximum absolute atomic E-state index is 10.3. The number of benzene rings is 1. The summed E-state index contributed by atoms with van der Waals surface area (Å²) < 4.78 is 0. The molecule has 0 aliphatic carbocycles. The van der Waals surface area contributed by atoms with E-state index in [1.807, 2.05) is 18.2 Å². The second-order valence-corrected chi connectivity index (χ2v) is 3.35. The number of urea groups is 1. The number of nitrogens with two attached hydrogens (primary N) is 1. The number of rotatable bonds is 3. The lowest BCUT2D eigenvalue weighted by molar-refractivity contribution is -0.137. The van der Waals surface area contributed by atoms with Gasteiger partial charge in [0.2, 0.25) is 0 Å². The van der Waals surface area contributed by atoms with Crippen molar-refractivity contribution in [3.63, 3.8) is 0 Å². The average molecular weight is 284 g/mol. The molecule has 112 valence electrons. The standard InChI is InChI=1S/C7H8N2O.2C3H6O2/c8-7(10)9-6-4-2-1-3-5-6;2*1-2-3(4)5/h1-5H,(H3,8,9,10);2*2H2,1H3,(H,4,5). The lowest BCUT2D eigenvalue weighted by Gasteiger charge is -1.97. The van der Waals surface area contributed by atoms with Crippen LogP contribution in [-0.2, 0) is 9.59 Å². The van der Waals surface area contributed by atoms with Gasteiger partial charge in [-0.25, -0.2) is 4.79 Å². The van der Waals surface area contributed by atoms with Crippen molar-refractivity contribution in [2.75, 3.05) is 5.32 Å². The number of carboxylic acids is 2. The number of anilines is 1. The molecular weight excluding hydrogens is 264 g/mol. The fraction of sp³-hybridized carbons (Fsp3) is 0.308. The average Bonchev–Trinajstić information content (AvgIpc) is 2.40. The summed E-state index contributed by atoms with van der Waals surface area (Å²) in [5, 5.41) is 17.9. The van der Waals surface area contributed by atoms with Gasteiger partial charge in [0.15, 0.2) is 0 Å². The summed E-state index contributed by atoms with van der Waals surface area (Å²) in [6.45, 7) is 3.20. The minimum absolute atomic E-state index is 0.222. The third kappa shape index (κ3) is 17.8. The minimum atomic E-state index is -0.745. The maximum atomic E-state index is 10.3. The number of carbonyl (C=O) groups excluding carboxylic acids is 1. The van der Waals surface area contributed by atoms with Gasteiger partial charge in [0, 0.05) is 18.5 Å². The predicted octanol–water partition coefficient (Wildman–Crippen LogP) is 2.14. The molecule has 0 aromatic heterocycles. The van der Waals surface area contributed by atoms with E-state index in [0.717, 1.165) is 5.69 Å². The smallest absolute Gasteiger partial charge is 0.316 e. The van der Waals surface area contributed by atoms with Gasteiger partial charge in [-0.3, -0.25) is 9.59 Å². The topological polar surface area (TPSA) is 130 Å². The number of aliphatic carboxylic acids is 2. The molecule has 1 rings (SSSR count). The van der Waals surface area contributed by atoms with E-state index in [9.17, 15) is 14.4 Å². The summed E-state index contributed by atoms with van der Waals surface area (Å²) in [5.74, 6) is -1.49. The molecule has 20 heavy (non-hydrogen) atoms. The summed E-state index contributed by atoms with van der Waals surface area (Å²) >= 11 is 0.